The lowest BCUT2D eigenvalue weighted by Gasteiger charge is -2.32. The molecule has 8 nitrogen and oxygen atoms in total. The van der Waals surface area contributed by atoms with Crippen molar-refractivity contribution in [1.29, 1.82) is 0 Å². The van der Waals surface area contributed by atoms with E-state index in [0.29, 0.717) is 49.4 Å². The van der Waals surface area contributed by atoms with Gasteiger partial charge < -0.3 is 14.8 Å². The van der Waals surface area contributed by atoms with Crippen LogP contribution in [0.5, 0.6) is 0 Å². The molecule has 1 aromatic heterocycles. The Balaban J connectivity index is 1.81. The lowest BCUT2D eigenvalue weighted by Crippen LogP contribution is -2.43. The van der Waals surface area contributed by atoms with Gasteiger partial charge in [0, 0.05) is 37.0 Å². The van der Waals surface area contributed by atoms with Crippen LogP contribution in [-0.4, -0.2) is 66.4 Å². The molecule has 1 N–H and O–H groups in total. The number of aromatic nitrogens is 2. The van der Waals surface area contributed by atoms with Crippen LogP contribution in [0, 0.1) is 11.6 Å². The standard InChI is InChI=1S/C20H21F2N5O3S/c1-2-30-20(28)16-15(10-27-5-7-29-8-6-27)24-18(19-26-23-11-31-19)25-17(16)13-4-3-12(21)9-14(13)22/h3-4,9,11,17H,2,5-8,10H2,1H3,(H,24,25). The molecule has 164 valence electrons. The number of esters is 1. The summed E-state index contributed by atoms with van der Waals surface area (Å²) in [6, 6.07) is 2.20. The van der Waals surface area contributed by atoms with Crippen molar-refractivity contribution < 1.29 is 23.0 Å². The van der Waals surface area contributed by atoms with E-state index >= 15 is 0 Å². The summed E-state index contributed by atoms with van der Waals surface area (Å²) in [6.07, 6.45) is 0. The number of hydrogen-bond acceptors (Lipinski definition) is 9. The van der Waals surface area contributed by atoms with Gasteiger partial charge in [0.05, 0.1) is 25.4 Å². The van der Waals surface area contributed by atoms with Crippen LogP contribution in [0.15, 0.2) is 40.0 Å². The van der Waals surface area contributed by atoms with Crippen molar-refractivity contribution in [3.63, 3.8) is 0 Å². The Bertz CT molecular complexity index is 1010. The topological polar surface area (TPSA) is 88.9 Å². The minimum absolute atomic E-state index is 0.0763. The van der Waals surface area contributed by atoms with E-state index in [4.69, 9.17) is 9.47 Å². The first-order valence-electron chi connectivity index (χ1n) is 9.83. The van der Waals surface area contributed by atoms with Gasteiger partial charge >= 0.3 is 5.97 Å². The Hall–Kier alpha value is -2.76. The first-order valence-corrected chi connectivity index (χ1v) is 10.7. The van der Waals surface area contributed by atoms with E-state index in [9.17, 15) is 13.6 Å². The number of benzene rings is 1. The smallest absolute Gasteiger partial charge is 0.338 e. The van der Waals surface area contributed by atoms with E-state index in [0.717, 1.165) is 12.1 Å². The van der Waals surface area contributed by atoms with Crippen molar-refractivity contribution in [3.05, 3.63) is 57.2 Å². The molecular weight excluding hydrogens is 428 g/mol. The monoisotopic (exact) mass is 449 g/mol. The van der Waals surface area contributed by atoms with Gasteiger partial charge in [-0.15, -0.1) is 10.2 Å². The van der Waals surface area contributed by atoms with Gasteiger partial charge in [-0.3, -0.25) is 9.89 Å². The van der Waals surface area contributed by atoms with Crippen LogP contribution in [0.1, 0.15) is 23.5 Å². The molecule has 1 fully saturated rings. The van der Waals surface area contributed by atoms with Crippen molar-refractivity contribution in [2.45, 2.75) is 13.0 Å². The number of ether oxygens (including phenoxy) is 2. The Morgan fingerprint density at radius 2 is 2.16 bits per heavy atom. The van der Waals surface area contributed by atoms with Crippen LogP contribution in [-0.2, 0) is 14.3 Å². The molecule has 11 heteroatoms. The number of amidine groups is 1. The van der Waals surface area contributed by atoms with Gasteiger partial charge in [0.15, 0.2) is 10.8 Å². The van der Waals surface area contributed by atoms with Crippen LogP contribution in [0.2, 0.25) is 0 Å². The molecule has 1 aromatic carbocycles. The van der Waals surface area contributed by atoms with Crippen LogP contribution in [0.4, 0.5) is 8.78 Å². The van der Waals surface area contributed by atoms with E-state index in [-0.39, 0.29) is 17.7 Å². The minimum Gasteiger partial charge on any atom is -0.463 e. The largest absolute Gasteiger partial charge is 0.463 e. The molecule has 1 saturated heterocycles. The van der Waals surface area contributed by atoms with E-state index in [1.54, 1.807) is 12.4 Å². The SMILES string of the molecule is CCOC(=O)C1=C(CN2CCOCC2)NC(c2nncs2)=NC1c1ccc(F)cc1F. The highest BCUT2D eigenvalue weighted by Crippen LogP contribution is 2.34. The molecule has 4 rings (SSSR count). The Morgan fingerprint density at radius 1 is 1.35 bits per heavy atom. The average Bonchev–Trinajstić information content (AvgIpc) is 3.29. The summed E-state index contributed by atoms with van der Waals surface area (Å²) in [5.74, 6) is -1.74. The Labute approximate surface area is 181 Å². The predicted octanol–water partition coefficient (Wildman–Crippen LogP) is 2.06. The lowest BCUT2D eigenvalue weighted by molar-refractivity contribution is -0.139. The molecule has 1 unspecified atom stereocenters. The number of aliphatic imine (C=N–C) groups is 1. The van der Waals surface area contributed by atoms with E-state index in [1.165, 1.54) is 17.4 Å². The summed E-state index contributed by atoms with van der Waals surface area (Å²) in [7, 11) is 0. The molecule has 0 radical (unpaired) electrons. The van der Waals surface area contributed by atoms with Crippen LogP contribution >= 0.6 is 11.3 Å². The van der Waals surface area contributed by atoms with Gasteiger partial charge in [0.2, 0.25) is 0 Å². The molecule has 0 saturated carbocycles. The fourth-order valence-electron chi connectivity index (χ4n) is 3.49. The zero-order valence-corrected chi connectivity index (χ0v) is 17.6. The highest BCUT2D eigenvalue weighted by Gasteiger charge is 2.35. The summed E-state index contributed by atoms with van der Waals surface area (Å²) in [5.41, 5.74) is 2.35. The van der Waals surface area contributed by atoms with Crippen LogP contribution in [0.3, 0.4) is 0 Å². The van der Waals surface area contributed by atoms with E-state index in [2.05, 4.69) is 25.4 Å². The molecule has 31 heavy (non-hydrogen) atoms. The third-order valence-electron chi connectivity index (χ3n) is 4.93. The third kappa shape index (κ3) is 4.78. The molecule has 0 bridgehead atoms. The lowest BCUT2D eigenvalue weighted by atomic mass is 9.94. The normalized spacial score (nSPS) is 19.7. The maximum Gasteiger partial charge on any atom is 0.338 e. The maximum atomic E-state index is 14.8. The zero-order chi connectivity index (χ0) is 21.8. The number of nitrogens with zero attached hydrogens (tertiary/aromatic N) is 4. The van der Waals surface area contributed by atoms with Gasteiger partial charge in [0.25, 0.3) is 0 Å². The molecule has 1 atom stereocenters. The first-order chi connectivity index (χ1) is 15.1. The zero-order valence-electron chi connectivity index (χ0n) is 16.8. The Morgan fingerprint density at radius 3 is 2.84 bits per heavy atom. The molecule has 2 aliphatic heterocycles. The number of nitrogens with one attached hydrogen (secondary N) is 1. The summed E-state index contributed by atoms with van der Waals surface area (Å²) in [6.45, 7) is 4.75. The van der Waals surface area contributed by atoms with E-state index < -0.39 is 23.6 Å². The second-order valence-corrected chi connectivity index (χ2v) is 7.75. The van der Waals surface area contributed by atoms with Gasteiger partial charge in [0.1, 0.15) is 23.2 Å². The fraction of sp³-hybridized carbons (Fsp3) is 0.400. The Kier molecular flexibility index (Phi) is 6.64. The number of halogens is 2. The second kappa shape index (κ2) is 9.58. The quantitative estimate of drug-likeness (QED) is 0.676. The van der Waals surface area contributed by atoms with Crippen molar-refractivity contribution in [1.82, 2.24) is 20.4 Å². The molecule has 0 amide bonds. The summed E-state index contributed by atoms with van der Waals surface area (Å²) in [4.78, 5) is 19.6. The van der Waals surface area contributed by atoms with Crippen LogP contribution < -0.4 is 5.32 Å². The molecule has 3 heterocycles. The molecule has 0 aliphatic carbocycles. The van der Waals surface area contributed by atoms with E-state index in [1.807, 2.05) is 0 Å². The second-order valence-electron chi connectivity index (χ2n) is 6.92. The number of rotatable bonds is 6. The minimum atomic E-state index is -1.02. The van der Waals surface area contributed by atoms with Crippen molar-refractivity contribution in [2.24, 2.45) is 4.99 Å². The third-order valence-corrected chi connectivity index (χ3v) is 5.62. The predicted molar refractivity (Wildman–Crippen MR) is 110 cm³/mol. The summed E-state index contributed by atoms with van der Waals surface area (Å²) < 4.78 is 39.0. The van der Waals surface area contributed by atoms with Crippen molar-refractivity contribution >= 4 is 23.1 Å². The number of hydrogen-bond donors (Lipinski definition) is 1. The van der Waals surface area contributed by atoms with Crippen molar-refractivity contribution in [3.8, 4) is 0 Å². The number of carbonyl (C=O) groups excluding carboxylic acids is 1. The van der Waals surface area contributed by atoms with Gasteiger partial charge in [-0.05, 0) is 13.0 Å². The van der Waals surface area contributed by atoms with Crippen LogP contribution in [0.25, 0.3) is 0 Å². The maximum absolute atomic E-state index is 14.8. The van der Waals surface area contributed by atoms with Gasteiger partial charge in [-0.2, -0.15) is 0 Å². The number of morpholine rings is 1. The highest BCUT2D eigenvalue weighted by atomic mass is 32.1. The fourth-order valence-corrected chi connectivity index (χ4v) is 3.99. The first kappa shape index (κ1) is 21.5. The van der Waals surface area contributed by atoms with Gasteiger partial charge in [-0.25, -0.2) is 13.6 Å². The highest BCUT2D eigenvalue weighted by molar-refractivity contribution is 7.11. The van der Waals surface area contributed by atoms with Crippen molar-refractivity contribution in [2.75, 3.05) is 39.5 Å². The average molecular weight is 449 g/mol. The number of carbonyl (C=O) groups is 1. The molecule has 2 aromatic rings. The molecule has 0 spiro atoms. The van der Waals surface area contributed by atoms with Gasteiger partial charge in [-0.1, -0.05) is 17.4 Å². The molecule has 2 aliphatic rings. The molecular formula is C20H21F2N5O3S. The summed E-state index contributed by atoms with van der Waals surface area (Å²) >= 11 is 1.26. The summed E-state index contributed by atoms with van der Waals surface area (Å²) in [5, 5.41) is 11.6.